The molecular formula is C52H36N2. The molecule has 0 unspecified atom stereocenters. The summed E-state index contributed by atoms with van der Waals surface area (Å²) >= 11 is 0. The molecule has 2 nitrogen and oxygen atoms in total. The molecule has 0 saturated carbocycles. The number of fused-ring (bicyclic) bond motifs is 4. The van der Waals surface area contributed by atoms with E-state index >= 15 is 0 Å². The Labute approximate surface area is 315 Å². The maximum atomic E-state index is 2.41. The minimum Gasteiger partial charge on any atom is -0.310 e. The van der Waals surface area contributed by atoms with E-state index < -0.39 is 0 Å². The number of nitrogens with zero attached hydrogens (tertiary/aromatic N) is 2. The van der Waals surface area contributed by atoms with Gasteiger partial charge in [0.2, 0.25) is 0 Å². The summed E-state index contributed by atoms with van der Waals surface area (Å²) < 4.78 is 2.41. The van der Waals surface area contributed by atoms with Crippen LogP contribution < -0.4 is 4.90 Å². The van der Waals surface area contributed by atoms with Crippen LogP contribution in [0.15, 0.2) is 218 Å². The van der Waals surface area contributed by atoms with Crippen molar-refractivity contribution in [3.63, 3.8) is 0 Å². The highest BCUT2D eigenvalue weighted by molar-refractivity contribution is 6.09. The first-order valence-corrected chi connectivity index (χ1v) is 18.5. The zero-order chi connectivity index (χ0) is 35.8. The van der Waals surface area contributed by atoms with Gasteiger partial charge in [0.25, 0.3) is 0 Å². The van der Waals surface area contributed by atoms with Gasteiger partial charge in [-0.15, -0.1) is 0 Å². The van der Waals surface area contributed by atoms with Crippen LogP contribution in [0.5, 0.6) is 0 Å². The SMILES string of the molecule is c1ccc(N(c2ccc(-c3ccc(-c4ccccc4-n4c5ccccc5c5ccccc54)cc3)cc2)c2ccccc2-c2ccc3ccccc3c2)cc1. The van der Waals surface area contributed by atoms with Crippen molar-refractivity contribution in [1.82, 2.24) is 4.57 Å². The van der Waals surface area contributed by atoms with Crippen molar-refractivity contribution < 1.29 is 0 Å². The highest BCUT2D eigenvalue weighted by atomic mass is 15.1. The lowest BCUT2D eigenvalue weighted by molar-refractivity contribution is 1.18. The molecule has 254 valence electrons. The number of benzene rings is 9. The number of rotatable bonds is 7. The van der Waals surface area contributed by atoms with E-state index in [1.165, 1.54) is 71.6 Å². The van der Waals surface area contributed by atoms with E-state index in [1.54, 1.807) is 0 Å². The van der Waals surface area contributed by atoms with Crippen LogP contribution in [-0.2, 0) is 0 Å². The van der Waals surface area contributed by atoms with Crippen molar-refractivity contribution in [3.05, 3.63) is 218 Å². The van der Waals surface area contributed by atoms with Gasteiger partial charge >= 0.3 is 0 Å². The van der Waals surface area contributed by atoms with Crippen LogP contribution in [0.2, 0.25) is 0 Å². The number of hydrogen-bond donors (Lipinski definition) is 0. The first-order chi connectivity index (χ1) is 26.8. The first kappa shape index (κ1) is 31.6. The number of anilines is 3. The van der Waals surface area contributed by atoms with Gasteiger partial charge in [-0.05, 0) is 87.6 Å². The molecule has 0 atom stereocenters. The average molecular weight is 689 g/mol. The Morgan fingerprint density at radius 3 is 1.54 bits per heavy atom. The zero-order valence-corrected chi connectivity index (χ0v) is 29.7. The summed E-state index contributed by atoms with van der Waals surface area (Å²) in [5, 5.41) is 5.02. The summed E-state index contributed by atoms with van der Waals surface area (Å²) in [5.74, 6) is 0. The Morgan fingerprint density at radius 1 is 0.315 bits per heavy atom. The average Bonchev–Trinajstić information content (AvgIpc) is 3.59. The Morgan fingerprint density at radius 2 is 0.815 bits per heavy atom. The normalized spacial score (nSPS) is 11.3. The summed E-state index contributed by atoms with van der Waals surface area (Å²) in [6, 6.07) is 78.8. The predicted molar refractivity (Wildman–Crippen MR) is 229 cm³/mol. The van der Waals surface area contributed by atoms with Gasteiger partial charge in [0.1, 0.15) is 0 Å². The Kier molecular flexibility index (Phi) is 7.85. The van der Waals surface area contributed by atoms with E-state index in [4.69, 9.17) is 0 Å². The Bertz CT molecular complexity index is 2870. The Hall–Kier alpha value is -7.16. The second-order valence-electron chi connectivity index (χ2n) is 13.8. The third-order valence-corrected chi connectivity index (χ3v) is 10.6. The molecule has 0 spiro atoms. The second-order valence-corrected chi connectivity index (χ2v) is 13.8. The standard InChI is InChI=1S/C52H36N2/c1-2-16-43(17-3-1)53(49-22-10-7-19-46(49)42-31-28-37-14-4-5-15-41(37)36-42)44-34-32-39(33-35-44)38-26-29-40(30-27-38)45-18-6-11-23-50(45)54-51-24-12-8-20-47(51)48-21-9-13-25-52(48)54/h1-36H. The molecule has 0 N–H and O–H groups in total. The van der Waals surface area contributed by atoms with Gasteiger partial charge in [-0.1, -0.05) is 164 Å². The van der Waals surface area contributed by atoms with Gasteiger partial charge in [0.15, 0.2) is 0 Å². The molecule has 10 rings (SSSR count). The van der Waals surface area contributed by atoms with Crippen molar-refractivity contribution in [2.45, 2.75) is 0 Å². The van der Waals surface area contributed by atoms with Gasteiger partial charge in [-0.2, -0.15) is 0 Å². The third kappa shape index (κ3) is 5.53. The summed E-state index contributed by atoms with van der Waals surface area (Å²) in [4.78, 5) is 2.36. The highest BCUT2D eigenvalue weighted by Gasteiger charge is 2.18. The monoisotopic (exact) mass is 688 g/mol. The molecule has 0 bridgehead atoms. The Balaban J connectivity index is 1.01. The lowest BCUT2D eigenvalue weighted by Gasteiger charge is -2.28. The van der Waals surface area contributed by atoms with Crippen LogP contribution >= 0.6 is 0 Å². The van der Waals surface area contributed by atoms with Crippen LogP contribution in [0.4, 0.5) is 17.1 Å². The van der Waals surface area contributed by atoms with Crippen LogP contribution in [0.25, 0.3) is 71.6 Å². The summed E-state index contributed by atoms with van der Waals surface area (Å²) in [6.45, 7) is 0. The fourth-order valence-electron chi connectivity index (χ4n) is 8.01. The molecule has 0 aliphatic heterocycles. The number of hydrogen-bond acceptors (Lipinski definition) is 1. The lowest BCUT2D eigenvalue weighted by atomic mass is 9.98. The number of aromatic nitrogens is 1. The zero-order valence-electron chi connectivity index (χ0n) is 29.7. The van der Waals surface area contributed by atoms with Gasteiger partial charge in [0, 0.05) is 33.3 Å². The smallest absolute Gasteiger partial charge is 0.0541 e. The van der Waals surface area contributed by atoms with Crippen LogP contribution in [0, 0.1) is 0 Å². The predicted octanol–water partition coefficient (Wildman–Crippen LogP) is 14.4. The maximum absolute atomic E-state index is 2.41. The number of para-hydroxylation sites is 5. The largest absolute Gasteiger partial charge is 0.310 e. The van der Waals surface area contributed by atoms with Crippen molar-refractivity contribution in [2.75, 3.05) is 4.90 Å². The fraction of sp³-hybridized carbons (Fsp3) is 0. The molecule has 9 aromatic carbocycles. The summed E-state index contributed by atoms with van der Waals surface area (Å²) in [5.41, 5.74) is 14.1. The second kappa shape index (κ2) is 13.4. The van der Waals surface area contributed by atoms with Crippen molar-refractivity contribution in [2.24, 2.45) is 0 Å². The van der Waals surface area contributed by atoms with E-state index in [1.807, 2.05) is 0 Å². The molecule has 0 radical (unpaired) electrons. The molecule has 1 heterocycles. The van der Waals surface area contributed by atoms with Crippen molar-refractivity contribution >= 4 is 49.6 Å². The van der Waals surface area contributed by atoms with Crippen LogP contribution in [0.1, 0.15) is 0 Å². The maximum Gasteiger partial charge on any atom is 0.0541 e. The minimum atomic E-state index is 1.11. The fourth-order valence-corrected chi connectivity index (χ4v) is 8.01. The molecule has 0 amide bonds. The van der Waals surface area contributed by atoms with Gasteiger partial charge in [-0.25, -0.2) is 0 Å². The summed E-state index contributed by atoms with van der Waals surface area (Å²) in [6.07, 6.45) is 0. The molecule has 0 fully saturated rings. The molecule has 2 heteroatoms. The molecule has 1 aromatic heterocycles. The lowest BCUT2D eigenvalue weighted by Crippen LogP contribution is -2.11. The van der Waals surface area contributed by atoms with E-state index in [0.29, 0.717) is 0 Å². The molecule has 0 aliphatic carbocycles. The molecular weight excluding hydrogens is 653 g/mol. The molecule has 0 aliphatic rings. The highest BCUT2D eigenvalue weighted by Crippen LogP contribution is 2.42. The summed E-state index contributed by atoms with van der Waals surface area (Å²) in [7, 11) is 0. The van der Waals surface area contributed by atoms with Crippen LogP contribution in [-0.4, -0.2) is 4.57 Å². The first-order valence-electron chi connectivity index (χ1n) is 18.5. The van der Waals surface area contributed by atoms with Crippen molar-refractivity contribution in [1.29, 1.82) is 0 Å². The minimum absolute atomic E-state index is 1.11. The molecule has 10 aromatic rings. The molecule has 54 heavy (non-hydrogen) atoms. The third-order valence-electron chi connectivity index (χ3n) is 10.6. The van der Waals surface area contributed by atoms with E-state index in [9.17, 15) is 0 Å². The van der Waals surface area contributed by atoms with Crippen molar-refractivity contribution in [3.8, 4) is 39.1 Å². The van der Waals surface area contributed by atoms with Crippen LogP contribution in [0.3, 0.4) is 0 Å². The molecule has 0 saturated heterocycles. The van der Waals surface area contributed by atoms with E-state index in [0.717, 1.165) is 17.1 Å². The van der Waals surface area contributed by atoms with E-state index in [-0.39, 0.29) is 0 Å². The van der Waals surface area contributed by atoms with Gasteiger partial charge in [-0.3, -0.25) is 0 Å². The van der Waals surface area contributed by atoms with Gasteiger partial charge in [0.05, 0.1) is 22.4 Å². The van der Waals surface area contributed by atoms with Gasteiger partial charge < -0.3 is 9.47 Å². The van der Waals surface area contributed by atoms with E-state index in [2.05, 4.69) is 228 Å². The topological polar surface area (TPSA) is 8.17 Å². The quantitative estimate of drug-likeness (QED) is 0.162.